The predicted octanol–water partition coefficient (Wildman–Crippen LogP) is 10.5. The molecule has 0 aliphatic heterocycles. The zero-order valence-corrected chi connectivity index (χ0v) is 29.5. The largest absolute Gasteiger partial charge is 0.606 e. The van der Waals surface area contributed by atoms with E-state index in [1.54, 1.807) is 0 Å². The molecule has 34 heavy (non-hydrogen) atoms. The van der Waals surface area contributed by atoms with Gasteiger partial charge in [0.15, 0.2) is 25.0 Å². The highest BCUT2D eigenvalue weighted by molar-refractivity contribution is 6.89. The molecule has 0 spiro atoms. The van der Waals surface area contributed by atoms with Crippen LogP contribution in [0.2, 0.25) is 49.9 Å². The first kappa shape index (κ1) is 34.6. The first-order chi connectivity index (χ1) is 15.3. The normalized spacial score (nSPS) is 14.6. The molecule has 0 atom stereocenters. The summed E-state index contributed by atoms with van der Waals surface area (Å²) in [6.07, 6.45) is 0. The quantitative estimate of drug-likeness (QED) is 0.197. The standard InChI is InChI=1S/C27H63BO3Si3/c1-19(2)32(20(3)4,21(5)6)29-28(30-33(22(7)8,23(9)10)24(11)12)31-34(25(13)14,26(15)16)27(17)18/h19-27H,1-18H3. The van der Waals surface area contributed by atoms with Crippen molar-refractivity contribution in [2.24, 2.45) is 0 Å². The Labute approximate surface area is 219 Å². The lowest BCUT2D eigenvalue weighted by atomic mass is 10.3. The molecule has 0 amide bonds. The van der Waals surface area contributed by atoms with E-state index in [2.05, 4.69) is 125 Å². The highest BCUT2D eigenvalue weighted by Gasteiger charge is 2.57. The molecule has 0 radical (unpaired) electrons. The Kier molecular flexibility index (Phi) is 13.6. The third-order valence-electron chi connectivity index (χ3n) is 9.02. The van der Waals surface area contributed by atoms with Crippen LogP contribution in [0.5, 0.6) is 0 Å². The summed E-state index contributed by atoms with van der Waals surface area (Å²) < 4.78 is 22.2. The molecule has 0 saturated carbocycles. The van der Waals surface area contributed by atoms with Crippen molar-refractivity contribution in [3.63, 3.8) is 0 Å². The monoisotopic (exact) mass is 530 g/mol. The lowest BCUT2D eigenvalue weighted by molar-refractivity contribution is 0.259. The van der Waals surface area contributed by atoms with Gasteiger partial charge in [0.25, 0.3) is 0 Å². The molecule has 204 valence electrons. The summed E-state index contributed by atoms with van der Waals surface area (Å²) in [5.74, 6) is 0. The highest BCUT2D eigenvalue weighted by Crippen LogP contribution is 2.49. The number of hydrogen-bond donors (Lipinski definition) is 0. The van der Waals surface area contributed by atoms with Crippen molar-refractivity contribution in [2.45, 2.75) is 174 Å². The van der Waals surface area contributed by atoms with Crippen LogP contribution < -0.4 is 0 Å². The molecular formula is C27H63BO3Si3. The van der Waals surface area contributed by atoms with Gasteiger partial charge in [0.1, 0.15) is 0 Å². The van der Waals surface area contributed by atoms with E-state index in [4.69, 9.17) is 13.0 Å². The number of hydrogen-bond acceptors (Lipinski definition) is 3. The van der Waals surface area contributed by atoms with E-state index in [0.29, 0.717) is 49.9 Å². The second-order valence-electron chi connectivity index (χ2n) is 13.6. The average molecular weight is 531 g/mol. The van der Waals surface area contributed by atoms with Crippen LogP contribution in [0, 0.1) is 0 Å². The van der Waals surface area contributed by atoms with Crippen LogP contribution >= 0.6 is 0 Å². The van der Waals surface area contributed by atoms with Gasteiger partial charge in [-0.15, -0.1) is 0 Å². The van der Waals surface area contributed by atoms with Crippen molar-refractivity contribution in [3.05, 3.63) is 0 Å². The molecule has 0 bridgehead atoms. The first-order valence-electron chi connectivity index (χ1n) is 14.3. The molecule has 0 aromatic rings. The molecule has 0 aromatic heterocycles. The van der Waals surface area contributed by atoms with Gasteiger partial charge < -0.3 is 13.0 Å². The van der Waals surface area contributed by atoms with Crippen molar-refractivity contribution in [3.8, 4) is 0 Å². The summed E-state index contributed by atoms with van der Waals surface area (Å²) in [6.45, 7) is 42.5. The van der Waals surface area contributed by atoms with E-state index >= 15 is 0 Å². The molecule has 0 saturated heterocycles. The minimum absolute atomic E-state index is 0.489. The van der Waals surface area contributed by atoms with Gasteiger partial charge >= 0.3 is 7.32 Å². The minimum atomic E-state index is -2.20. The van der Waals surface area contributed by atoms with Gasteiger partial charge in [0.05, 0.1) is 0 Å². The van der Waals surface area contributed by atoms with Crippen LogP contribution in [0.15, 0.2) is 0 Å². The van der Waals surface area contributed by atoms with E-state index < -0.39 is 32.3 Å². The zero-order chi connectivity index (χ0) is 27.4. The lowest BCUT2D eigenvalue weighted by Crippen LogP contribution is -2.62. The third-order valence-corrected chi connectivity index (χ3v) is 27.1. The fourth-order valence-corrected chi connectivity index (χ4v) is 23.8. The van der Waals surface area contributed by atoms with Crippen LogP contribution in [-0.2, 0) is 13.0 Å². The Balaban J connectivity index is 7.02. The summed E-state index contributed by atoms with van der Waals surface area (Å²) in [5, 5.41) is 0. The Bertz CT molecular complexity index is 444. The van der Waals surface area contributed by atoms with Gasteiger partial charge in [-0.3, -0.25) is 0 Å². The van der Waals surface area contributed by atoms with Crippen LogP contribution in [-0.4, -0.2) is 32.3 Å². The second-order valence-corrected chi connectivity index (χ2v) is 29.8. The lowest BCUT2D eigenvalue weighted by Gasteiger charge is -2.51. The molecule has 7 heteroatoms. The fourth-order valence-electron chi connectivity index (χ4n) is 7.80. The Hall–Kier alpha value is 0.596. The van der Waals surface area contributed by atoms with Gasteiger partial charge in [-0.25, -0.2) is 0 Å². The average Bonchev–Trinajstić information content (AvgIpc) is 2.64. The summed E-state index contributed by atoms with van der Waals surface area (Å²) in [6, 6.07) is 0. The zero-order valence-electron chi connectivity index (χ0n) is 26.5. The Morgan fingerprint density at radius 1 is 0.294 bits per heavy atom. The second kappa shape index (κ2) is 13.4. The summed E-state index contributed by atoms with van der Waals surface area (Å²) >= 11 is 0. The van der Waals surface area contributed by atoms with Crippen molar-refractivity contribution < 1.29 is 13.0 Å². The molecular weight excluding hydrogens is 467 g/mol. The molecule has 0 aliphatic rings. The SMILES string of the molecule is CC(C)[Si](OB(O[Si](C(C)C)(C(C)C)C(C)C)O[Si](C(C)C)(C(C)C)C(C)C)(C(C)C)C(C)C. The number of rotatable bonds is 15. The van der Waals surface area contributed by atoms with E-state index in [9.17, 15) is 0 Å². The van der Waals surface area contributed by atoms with E-state index in [-0.39, 0.29) is 0 Å². The minimum Gasteiger partial charge on any atom is -0.428 e. The van der Waals surface area contributed by atoms with Crippen LogP contribution in [0.25, 0.3) is 0 Å². The van der Waals surface area contributed by atoms with Crippen molar-refractivity contribution in [2.75, 3.05) is 0 Å². The van der Waals surface area contributed by atoms with Gasteiger partial charge in [-0.05, 0) is 49.9 Å². The molecule has 0 unspecified atom stereocenters. The topological polar surface area (TPSA) is 27.7 Å². The van der Waals surface area contributed by atoms with Crippen LogP contribution in [0.1, 0.15) is 125 Å². The molecule has 3 nitrogen and oxygen atoms in total. The molecule has 0 aromatic carbocycles. The van der Waals surface area contributed by atoms with E-state index in [0.717, 1.165) is 0 Å². The molecule has 0 rings (SSSR count). The highest BCUT2D eigenvalue weighted by atomic mass is 28.4. The first-order valence-corrected chi connectivity index (χ1v) is 20.7. The molecule has 0 aliphatic carbocycles. The summed E-state index contributed by atoms with van der Waals surface area (Å²) in [4.78, 5) is 0. The fraction of sp³-hybridized carbons (Fsp3) is 1.00. The predicted molar refractivity (Wildman–Crippen MR) is 162 cm³/mol. The van der Waals surface area contributed by atoms with E-state index in [1.807, 2.05) is 0 Å². The summed E-state index contributed by atoms with van der Waals surface area (Å²) in [7, 11) is -7.17. The van der Waals surface area contributed by atoms with Crippen molar-refractivity contribution in [1.29, 1.82) is 0 Å². The summed E-state index contributed by atoms with van der Waals surface area (Å²) in [5.41, 5.74) is 4.41. The molecule has 0 fully saturated rings. The smallest absolute Gasteiger partial charge is 0.428 e. The maximum atomic E-state index is 7.40. The molecule has 0 N–H and O–H groups in total. The maximum Gasteiger partial charge on any atom is 0.606 e. The van der Waals surface area contributed by atoms with Crippen molar-refractivity contribution in [1.82, 2.24) is 0 Å². The third kappa shape index (κ3) is 6.72. The van der Waals surface area contributed by atoms with Gasteiger partial charge in [0.2, 0.25) is 0 Å². The Morgan fingerprint density at radius 2 is 0.412 bits per heavy atom. The van der Waals surface area contributed by atoms with Crippen LogP contribution in [0.4, 0.5) is 0 Å². The maximum absolute atomic E-state index is 7.40. The Morgan fingerprint density at radius 3 is 0.500 bits per heavy atom. The van der Waals surface area contributed by atoms with Gasteiger partial charge in [-0.2, -0.15) is 0 Å². The van der Waals surface area contributed by atoms with Gasteiger partial charge in [0, 0.05) is 0 Å². The van der Waals surface area contributed by atoms with Gasteiger partial charge in [-0.1, -0.05) is 125 Å². The van der Waals surface area contributed by atoms with E-state index in [1.165, 1.54) is 0 Å². The van der Waals surface area contributed by atoms with Crippen molar-refractivity contribution >= 4 is 32.3 Å². The van der Waals surface area contributed by atoms with Crippen LogP contribution in [0.3, 0.4) is 0 Å². The molecule has 0 heterocycles.